The average molecular weight is 483 g/mol. The Kier molecular flexibility index (Phi) is 7.33. The largest absolute Gasteiger partial charge is 0.370 e. The van der Waals surface area contributed by atoms with E-state index >= 15 is 0 Å². The lowest BCUT2D eigenvalue weighted by atomic mass is 10.0. The summed E-state index contributed by atoms with van der Waals surface area (Å²) >= 11 is 6.19. The van der Waals surface area contributed by atoms with Gasteiger partial charge in [-0.1, -0.05) is 84.4 Å². The van der Waals surface area contributed by atoms with Crippen molar-refractivity contribution in [2.75, 3.05) is 13.1 Å². The predicted molar refractivity (Wildman–Crippen MR) is 133 cm³/mol. The normalized spacial score (nSPS) is 17.1. The molecule has 3 aromatic rings. The molecule has 0 aliphatic carbocycles. The highest BCUT2D eigenvalue weighted by Gasteiger charge is 2.31. The van der Waals surface area contributed by atoms with Crippen molar-refractivity contribution >= 4 is 27.6 Å². The highest BCUT2D eigenvalue weighted by molar-refractivity contribution is 7.89. The molecule has 0 amide bonds. The van der Waals surface area contributed by atoms with Crippen LogP contribution in [0.2, 0.25) is 5.02 Å². The van der Waals surface area contributed by atoms with Crippen LogP contribution >= 0.6 is 11.6 Å². The Hall–Kier alpha value is -2.87. The third-order valence-corrected chi connectivity index (χ3v) is 7.72. The van der Waals surface area contributed by atoms with Gasteiger partial charge in [-0.3, -0.25) is 4.99 Å². The molecule has 4 rings (SSSR count). The van der Waals surface area contributed by atoms with Crippen LogP contribution in [0.3, 0.4) is 0 Å². The quantitative estimate of drug-likeness (QED) is 0.489. The van der Waals surface area contributed by atoms with E-state index in [1.54, 1.807) is 18.2 Å². The molecule has 0 aromatic heterocycles. The molecule has 3 aromatic carbocycles. The molecule has 0 saturated heterocycles. The van der Waals surface area contributed by atoms with Crippen molar-refractivity contribution in [3.63, 3.8) is 0 Å². The highest BCUT2D eigenvalue weighted by atomic mass is 35.5. The summed E-state index contributed by atoms with van der Waals surface area (Å²) in [4.78, 5) is 6.52. The molecule has 172 valence electrons. The van der Waals surface area contributed by atoms with E-state index in [0.717, 1.165) is 12.0 Å². The van der Waals surface area contributed by atoms with Crippen LogP contribution < -0.4 is 10.5 Å². The number of nitrogens with two attached hydrogens (primary N) is 1. The van der Waals surface area contributed by atoms with Crippen LogP contribution in [0.4, 0.5) is 0 Å². The number of nitrogens with zero attached hydrogens (tertiary/aromatic N) is 2. The van der Waals surface area contributed by atoms with E-state index in [4.69, 9.17) is 17.3 Å². The fraction of sp³-hybridized carbons (Fsp3) is 0.240. The Morgan fingerprint density at radius 1 is 0.970 bits per heavy atom. The van der Waals surface area contributed by atoms with Crippen molar-refractivity contribution in [1.82, 2.24) is 9.62 Å². The Balaban J connectivity index is 1.57. The molecule has 0 saturated carbocycles. The minimum atomic E-state index is -3.84. The molecule has 0 bridgehead atoms. The van der Waals surface area contributed by atoms with Gasteiger partial charge in [0.2, 0.25) is 10.0 Å². The van der Waals surface area contributed by atoms with Crippen molar-refractivity contribution in [1.29, 1.82) is 0 Å². The van der Waals surface area contributed by atoms with Crippen LogP contribution in [0.15, 0.2) is 94.8 Å². The van der Waals surface area contributed by atoms with Gasteiger partial charge in [0.05, 0.1) is 17.6 Å². The summed E-state index contributed by atoms with van der Waals surface area (Å²) in [6.45, 7) is 0.974. The summed E-state index contributed by atoms with van der Waals surface area (Å²) in [5.74, 6) is 0.436. The lowest BCUT2D eigenvalue weighted by Crippen LogP contribution is -2.51. The lowest BCUT2D eigenvalue weighted by Gasteiger charge is -2.31. The first-order valence-corrected chi connectivity index (χ1v) is 12.7. The van der Waals surface area contributed by atoms with Crippen LogP contribution in [0, 0.1) is 0 Å². The molecule has 0 spiro atoms. The highest BCUT2D eigenvalue weighted by Crippen LogP contribution is 2.22. The summed E-state index contributed by atoms with van der Waals surface area (Å²) in [5.41, 5.74) is 8.46. The van der Waals surface area contributed by atoms with Crippen molar-refractivity contribution < 1.29 is 8.42 Å². The summed E-state index contributed by atoms with van der Waals surface area (Å²) < 4.78 is 29.3. The zero-order valence-electron chi connectivity index (χ0n) is 18.1. The molecular formula is C25H27ClN4O2S. The summed E-state index contributed by atoms with van der Waals surface area (Å²) in [6.07, 6.45) is 1.28. The maximum Gasteiger partial charge on any atom is 0.242 e. The van der Waals surface area contributed by atoms with Crippen molar-refractivity contribution in [2.24, 2.45) is 10.7 Å². The number of sulfonamides is 1. The van der Waals surface area contributed by atoms with E-state index in [9.17, 15) is 8.42 Å². The van der Waals surface area contributed by atoms with Gasteiger partial charge in [0.25, 0.3) is 0 Å². The molecule has 0 radical (unpaired) electrons. The average Bonchev–Trinajstić information content (AvgIpc) is 3.14. The number of halogens is 1. The maximum atomic E-state index is 13.2. The van der Waals surface area contributed by atoms with Gasteiger partial charge in [0, 0.05) is 12.6 Å². The zero-order chi connectivity index (χ0) is 23.3. The monoisotopic (exact) mass is 482 g/mol. The first kappa shape index (κ1) is 23.3. The molecule has 8 heteroatoms. The smallest absolute Gasteiger partial charge is 0.242 e. The fourth-order valence-electron chi connectivity index (χ4n) is 4.10. The Bertz CT molecular complexity index is 1200. The van der Waals surface area contributed by atoms with E-state index in [2.05, 4.69) is 21.8 Å². The van der Waals surface area contributed by atoms with Gasteiger partial charge < -0.3 is 10.6 Å². The van der Waals surface area contributed by atoms with Gasteiger partial charge in [-0.2, -0.15) is 0 Å². The van der Waals surface area contributed by atoms with E-state index in [0.29, 0.717) is 25.5 Å². The van der Waals surface area contributed by atoms with Crippen LogP contribution in [-0.2, 0) is 22.9 Å². The zero-order valence-corrected chi connectivity index (χ0v) is 19.7. The molecule has 1 aliphatic heterocycles. The minimum Gasteiger partial charge on any atom is -0.370 e. The van der Waals surface area contributed by atoms with E-state index in [1.807, 2.05) is 53.4 Å². The van der Waals surface area contributed by atoms with Crippen molar-refractivity contribution in [3.05, 3.63) is 101 Å². The van der Waals surface area contributed by atoms with Gasteiger partial charge in [0.15, 0.2) is 5.96 Å². The molecule has 1 heterocycles. The first-order chi connectivity index (χ1) is 15.9. The Morgan fingerprint density at radius 2 is 1.58 bits per heavy atom. The maximum absolute atomic E-state index is 13.2. The van der Waals surface area contributed by atoms with Crippen molar-refractivity contribution in [3.8, 4) is 0 Å². The van der Waals surface area contributed by atoms with Gasteiger partial charge in [-0.05, 0) is 36.1 Å². The third kappa shape index (κ3) is 5.93. The number of guanidine groups is 1. The molecule has 1 aliphatic rings. The van der Waals surface area contributed by atoms with Gasteiger partial charge in [0.1, 0.15) is 4.90 Å². The number of rotatable bonds is 9. The predicted octanol–water partition coefficient (Wildman–Crippen LogP) is 3.47. The number of aliphatic imine (C=N–C) groups is 1. The van der Waals surface area contributed by atoms with E-state index in [-0.39, 0.29) is 16.0 Å². The first-order valence-electron chi connectivity index (χ1n) is 10.8. The third-order valence-electron chi connectivity index (χ3n) is 5.70. The number of hydrogen-bond acceptors (Lipinski definition) is 5. The Morgan fingerprint density at radius 3 is 2.24 bits per heavy atom. The molecule has 6 nitrogen and oxygen atoms in total. The van der Waals surface area contributed by atoms with Crippen LogP contribution in [0.1, 0.15) is 11.1 Å². The molecule has 0 fully saturated rings. The summed E-state index contributed by atoms with van der Waals surface area (Å²) in [7, 11) is -3.84. The second-order valence-electron chi connectivity index (χ2n) is 8.13. The second-order valence-corrected chi connectivity index (χ2v) is 10.2. The van der Waals surface area contributed by atoms with Crippen LogP contribution in [-0.4, -0.2) is 44.5 Å². The molecule has 3 N–H and O–H groups in total. The standard InChI is InChI=1S/C25H27ClN4O2S/c26-23-13-7-8-14-24(23)33(31,32)29-21(15-19-9-3-1-4-10-19)18-30-22(17-28-25(30)27)16-20-11-5-2-6-12-20/h1-14,21-22,29H,15-18H2,(H2,27,28)/t21-,22-/m0/s1. The SMILES string of the molecule is NC1=NC[C@H](Cc2ccccc2)N1C[C@H](Cc1ccccc1)NS(=O)(=O)c1ccccc1Cl. The number of hydrogen-bond donors (Lipinski definition) is 2. The molecule has 2 atom stereocenters. The van der Waals surface area contributed by atoms with Gasteiger partial charge >= 0.3 is 0 Å². The lowest BCUT2D eigenvalue weighted by molar-refractivity contribution is 0.307. The van der Waals surface area contributed by atoms with Crippen molar-refractivity contribution in [2.45, 2.75) is 29.8 Å². The topological polar surface area (TPSA) is 87.8 Å². The summed E-state index contributed by atoms with van der Waals surface area (Å²) in [5, 5.41) is 0.188. The van der Waals surface area contributed by atoms with E-state index in [1.165, 1.54) is 11.6 Å². The van der Waals surface area contributed by atoms with Gasteiger partial charge in [-0.15, -0.1) is 0 Å². The number of benzene rings is 3. The molecule has 0 unspecified atom stereocenters. The minimum absolute atomic E-state index is 0.0635. The van der Waals surface area contributed by atoms with Gasteiger partial charge in [-0.25, -0.2) is 13.1 Å². The van der Waals surface area contributed by atoms with Crippen LogP contribution in [0.5, 0.6) is 0 Å². The van der Waals surface area contributed by atoms with Crippen LogP contribution in [0.25, 0.3) is 0 Å². The fourth-order valence-corrected chi connectivity index (χ4v) is 5.85. The summed E-state index contributed by atoms with van der Waals surface area (Å²) in [6, 6.07) is 26.0. The molecule has 33 heavy (non-hydrogen) atoms. The Labute approximate surface area is 200 Å². The number of nitrogens with one attached hydrogen (secondary N) is 1. The van der Waals surface area contributed by atoms with E-state index < -0.39 is 16.1 Å². The second kappa shape index (κ2) is 10.4. The molecular weight excluding hydrogens is 456 g/mol.